The van der Waals surface area contributed by atoms with Crippen molar-refractivity contribution >= 4 is 77.0 Å². The van der Waals surface area contributed by atoms with E-state index >= 15 is 0 Å². The van der Waals surface area contributed by atoms with E-state index in [0.29, 0.717) is 0 Å². The van der Waals surface area contributed by atoms with Crippen molar-refractivity contribution in [1.29, 1.82) is 0 Å². The molecule has 8 aromatic carbocycles. The summed E-state index contributed by atoms with van der Waals surface area (Å²) in [4.78, 5) is 2.41. The average Bonchev–Trinajstić information content (AvgIpc) is 3.84. The van der Waals surface area contributed by atoms with Crippen molar-refractivity contribution in [2.75, 3.05) is 4.90 Å². The molecule has 0 fully saturated rings. The molecule has 0 aliphatic rings. The summed E-state index contributed by atoms with van der Waals surface area (Å²) in [5.41, 5.74) is 13.1. The summed E-state index contributed by atoms with van der Waals surface area (Å²) in [5.74, 6) is 0. The zero-order chi connectivity index (χ0) is 33.5. The van der Waals surface area contributed by atoms with E-state index in [9.17, 15) is 0 Å². The Balaban J connectivity index is 1.15. The van der Waals surface area contributed by atoms with Crippen molar-refractivity contribution in [2.24, 2.45) is 0 Å². The molecule has 0 aliphatic heterocycles. The average molecular weight is 650 g/mol. The van der Waals surface area contributed by atoms with Gasteiger partial charge in [0.1, 0.15) is 0 Å². The lowest BCUT2D eigenvalue weighted by Gasteiger charge is -2.26. The van der Waals surface area contributed by atoms with Gasteiger partial charge in [0.15, 0.2) is 0 Å². The quantitative estimate of drug-likeness (QED) is 0.181. The molecule has 3 heteroatoms. The van der Waals surface area contributed by atoms with Crippen molar-refractivity contribution in [1.82, 2.24) is 8.97 Å². The molecule has 0 spiro atoms. The molecule has 0 radical (unpaired) electrons. The Bertz CT molecular complexity index is 3060. The third kappa shape index (κ3) is 4.12. The van der Waals surface area contributed by atoms with Crippen LogP contribution in [-0.4, -0.2) is 8.97 Å². The van der Waals surface area contributed by atoms with Crippen LogP contribution in [0, 0.1) is 0 Å². The zero-order valence-corrected chi connectivity index (χ0v) is 27.7. The zero-order valence-electron chi connectivity index (χ0n) is 27.7. The Kier molecular flexibility index (Phi) is 5.96. The number of rotatable bonds is 5. The first kappa shape index (κ1) is 28.0. The highest BCUT2D eigenvalue weighted by Gasteiger charge is 2.21. The standard InChI is InChI=1S/C48H31N3/c1-3-12-32(13-4-1)33-22-24-35(25-23-33)49(36-26-28-46-42(30-36)39-17-8-9-20-44(39)50(46)34-14-5-2-6-15-34)37-27-29-47-43(31-37)41-19-11-18-40-38-16-7-10-21-45(38)51(47)48(40)41/h1-31H. The van der Waals surface area contributed by atoms with Crippen LogP contribution in [0.15, 0.2) is 188 Å². The lowest BCUT2D eigenvalue weighted by atomic mass is 10.0. The minimum atomic E-state index is 1.11. The first-order valence-corrected chi connectivity index (χ1v) is 17.5. The van der Waals surface area contributed by atoms with Crippen LogP contribution in [-0.2, 0) is 0 Å². The van der Waals surface area contributed by atoms with E-state index in [1.807, 2.05) is 0 Å². The summed E-state index contributed by atoms with van der Waals surface area (Å²) in [6.07, 6.45) is 0. The van der Waals surface area contributed by atoms with E-state index < -0.39 is 0 Å². The molecular weight excluding hydrogens is 619 g/mol. The molecule has 51 heavy (non-hydrogen) atoms. The minimum absolute atomic E-state index is 1.11. The maximum atomic E-state index is 2.45. The van der Waals surface area contributed by atoms with Crippen LogP contribution in [0.1, 0.15) is 0 Å². The Morgan fingerprint density at radius 3 is 1.51 bits per heavy atom. The van der Waals surface area contributed by atoms with Crippen molar-refractivity contribution in [3.63, 3.8) is 0 Å². The third-order valence-corrected chi connectivity index (χ3v) is 10.6. The van der Waals surface area contributed by atoms with E-state index in [4.69, 9.17) is 0 Å². The van der Waals surface area contributed by atoms with Crippen LogP contribution in [0.25, 0.3) is 76.7 Å². The van der Waals surface area contributed by atoms with Gasteiger partial charge in [0, 0.05) is 55.1 Å². The molecule has 3 nitrogen and oxygen atoms in total. The lowest BCUT2D eigenvalue weighted by molar-refractivity contribution is 1.18. The second kappa shape index (κ2) is 10.8. The Labute approximate surface area is 294 Å². The summed E-state index contributed by atoms with van der Waals surface area (Å²) in [6, 6.07) is 68.4. The molecule has 0 saturated carbocycles. The van der Waals surface area contributed by atoms with Gasteiger partial charge in [-0.25, -0.2) is 0 Å². The summed E-state index contributed by atoms with van der Waals surface area (Å²) in [7, 11) is 0. The molecule has 0 amide bonds. The highest BCUT2D eigenvalue weighted by atomic mass is 15.1. The Morgan fingerprint density at radius 1 is 0.314 bits per heavy atom. The summed E-state index contributed by atoms with van der Waals surface area (Å²) in [5, 5.41) is 7.60. The molecule has 0 saturated heterocycles. The number of aromatic nitrogens is 2. The number of anilines is 3. The molecular formula is C48H31N3. The van der Waals surface area contributed by atoms with E-state index in [-0.39, 0.29) is 0 Å². The van der Waals surface area contributed by atoms with Gasteiger partial charge >= 0.3 is 0 Å². The predicted molar refractivity (Wildman–Crippen MR) is 216 cm³/mol. The van der Waals surface area contributed by atoms with Crippen LogP contribution in [0.3, 0.4) is 0 Å². The molecule has 0 unspecified atom stereocenters. The number of fused-ring (bicyclic) bond motifs is 9. The number of para-hydroxylation sites is 4. The van der Waals surface area contributed by atoms with Crippen LogP contribution in [0.4, 0.5) is 17.1 Å². The van der Waals surface area contributed by atoms with E-state index in [2.05, 4.69) is 202 Å². The molecule has 0 aliphatic carbocycles. The lowest BCUT2D eigenvalue weighted by Crippen LogP contribution is -2.10. The minimum Gasteiger partial charge on any atom is -0.310 e. The van der Waals surface area contributed by atoms with Gasteiger partial charge in [-0.05, 0) is 83.9 Å². The summed E-state index contributed by atoms with van der Waals surface area (Å²) in [6.45, 7) is 0. The molecule has 11 rings (SSSR count). The van der Waals surface area contributed by atoms with Gasteiger partial charge in [0.2, 0.25) is 0 Å². The van der Waals surface area contributed by atoms with Gasteiger partial charge in [-0.3, -0.25) is 0 Å². The highest BCUT2D eigenvalue weighted by Crippen LogP contribution is 2.44. The van der Waals surface area contributed by atoms with Crippen molar-refractivity contribution in [2.45, 2.75) is 0 Å². The van der Waals surface area contributed by atoms with Gasteiger partial charge in [-0.2, -0.15) is 0 Å². The van der Waals surface area contributed by atoms with Crippen LogP contribution < -0.4 is 4.90 Å². The topological polar surface area (TPSA) is 12.6 Å². The van der Waals surface area contributed by atoms with Crippen LogP contribution >= 0.6 is 0 Å². The van der Waals surface area contributed by atoms with E-state index in [1.165, 1.54) is 71.0 Å². The van der Waals surface area contributed by atoms with E-state index in [1.54, 1.807) is 0 Å². The smallest absolute Gasteiger partial charge is 0.0620 e. The van der Waals surface area contributed by atoms with Crippen LogP contribution in [0.5, 0.6) is 0 Å². The molecule has 0 bridgehead atoms. The molecule has 11 aromatic rings. The first-order chi connectivity index (χ1) is 25.3. The van der Waals surface area contributed by atoms with Crippen molar-refractivity contribution in [3.8, 4) is 16.8 Å². The maximum absolute atomic E-state index is 2.45. The monoisotopic (exact) mass is 649 g/mol. The number of hydrogen-bond acceptors (Lipinski definition) is 1. The van der Waals surface area contributed by atoms with Crippen LogP contribution in [0.2, 0.25) is 0 Å². The van der Waals surface area contributed by atoms with Gasteiger partial charge < -0.3 is 13.9 Å². The largest absolute Gasteiger partial charge is 0.310 e. The normalized spacial score (nSPS) is 11.9. The fraction of sp³-hybridized carbons (Fsp3) is 0. The molecule has 3 aromatic heterocycles. The predicted octanol–water partition coefficient (Wildman–Crippen LogP) is 13.1. The second-order valence-electron chi connectivity index (χ2n) is 13.4. The van der Waals surface area contributed by atoms with Gasteiger partial charge in [0.05, 0.1) is 27.6 Å². The maximum Gasteiger partial charge on any atom is 0.0620 e. The second-order valence-corrected chi connectivity index (χ2v) is 13.4. The molecule has 238 valence electrons. The third-order valence-electron chi connectivity index (χ3n) is 10.6. The molecule has 3 heterocycles. The van der Waals surface area contributed by atoms with Gasteiger partial charge in [0.25, 0.3) is 0 Å². The number of nitrogens with zero attached hydrogens (tertiary/aromatic N) is 3. The van der Waals surface area contributed by atoms with Gasteiger partial charge in [-0.15, -0.1) is 0 Å². The fourth-order valence-electron chi connectivity index (χ4n) is 8.40. The summed E-state index contributed by atoms with van der Waals surface area (Å²) < 4.78 is 4.82. The number of benzene rings is 8. The van der Waals surface area contributed by atoms with Gasteiger partial charge in [-0.1, -0.05) is 115 Å². The first-order valence-electron chi connectivity index (χ1n) is 17.5. The Hall–Kier alpha value is -6.84. The van der Waals surface area contributed by atoms with E-state index in [0.717, 1.165) is 22.7 Å². The van der Waals surface area contributed by atoms with Crippen molar-refractivity contribution in [3.05, 3.63) is 188 Å². The SMILES string of the molecule is c1ccc(-c2ccc(N(c3ccc4c(c3)c3ccccc3n4-c3ccccc3)c3ccc4c(c3)c3cccc5c6ccccc6n4c53)cc2)cc1. The molecule has 0 N–H and O–H groups in total. The molecule has 0 atom stereocenters. The Morgan fingerprint density at radius 2 is 0.784 bits per heavy atom. The van der Waals surface area contributed by atoms with Crippen molar-refractivity contribution < 1.29 is 0 Å². The fourth-order valence-corrected chi connectivity index (χ4v) is 8.40. The summed E-state index contributed by atoms with van der Waals surface area (Å²) >= 11 is 0. The highest BCUT2D eigenvalue weighted by molar-refractivity contribution is 6.23. The number of hydrogen-bond donors (Lipinski definition) is 0.